The van der Waals surface area contributed by atoms with E-state index in [2.05, 4.69) is 27.0 Å². The fourth-order valence-corrected chi connectivity index (χ4v) is 9.61. The molecule has 7 heteroatoms. The van der Waals surface area contributed by atoms with Crippen LogP contribution in [0.5, 0.6) is 11.5 Å². The van der Waals surface area contributed by atoms with Crippen molar-refractivity contribution in [1.29, 1.82) is 0 Å². The third-order valence-corrected chi connectivity index (χ3v) is 10.8. The third-order valence-electron chi connectivity index (χ3n) is 8.94. The lowest BCUT2D eigenvalue weighted by atomic mass is 9.68. The van der Waals surface area contributed by atoms with E-state index in [1.807, 2.05) is 6.07 Å². The highest BCUT2D eigenvalue weighted by Gasteiger charge is 2.73. The molecule has 180 valence electrons. The predicted molar refractivity (Wildman–Crippen MR) is 129 cm³/mol. The Morgan fingerprint density at radius 2 is 1.82 bits per heavy atom. The molecule has 0 unspecified atom stereocenters. The average Bonchev–Trinajstić information content (AvgIpc) is 3.25. The van der Waals surface area contributed by atoms with Gasteiger partial charge in [0, 0.05) is 5.41 Å². The molecule has 0 aromatic heterocycles. The van der Waals surface area contributed by atoms with Gasteiger partial charge in [0.1, 0.15) is 0 Å². The Balaban J connectivity index is 1.86. The van der Waals surface area contributed by atoms with E-state index in [4.69, 9.17) is 9.47 Å². The van der Waals surface area contributed by atoms with Crippen molar-refractivity contribution in [2.24, 2.45) is 16.7 Å². The Kier molecular flexibility index (Phi) is 5.71. The Bertz CT molecular complexity index is 1080. The highest BCUT2D eigenvalue weighted by molar-refractivity contribution is 7.90. The van der Waals surface area contributed by atoms with Crippen molar-refractivity contribution in [2.45, 2.75) is 57.4 Å². The molecule has 6 nitrogen and oxygen atoms in total. The summed E-state index contributed by atoms with van der Waals surface area (Å²) in [4.78, 5) is 14.4. The summed E-state index contributed by atoms with van der Waals surface area (Å²) in [5.74, 6) is 1.12. The highest BCUT2D eigenvalue weighted by Crippen LogP contribution is 2.70. The molecule has 1 spiro atoms. The number of fused-ring (bicyclic) bond motifs is 1. The SMILES string of the molecule is C=CCC(CC=C)(C(=O)N1[C@@H]2C[C@H]3CC[C@]2(CS1(=O)=O)C3(C)C)c1ccc(OC)c(OC)c1. The van der Waals surface area contributed by atoms with Gasteiger partial charge in [-0.15, -0.1) is 13.2 Å². The first-order chi connectivity index (χ1) is 15.5. The summed E-state index contributed by atoms with van der Waals surface area (Å²) in [6.45, 7) is 12.1. The summed E-state index contributed by atoms with van der Waals surface area (Å²) in [6.07, 6.45) is 6.55. The molecular weight excluding hydrogens is 438 g/mol. The van der Waals surface area contributed by atoms with Crippen molar-refractivity contribution < 1.29 is 22.7 Å². The Morgan fingerprint density at radius 3 is 2.36 bits per heavy atom. The smallest absolute Gasteiger partial charge is 0.247 e. The van der Waals surface area contributed by atoms with Crippen LogP contribution < -0.4 is 9.47 Å². The minimum Gasteiger partial charge on any atom is -0.493 e. The van der Waals surface area contributed by atoms with E-state index in [9.17, 15) is 13.2 Å². The normalized spacial score (nSPS) is 28.9. The molecule has 1 saturated heterocycles. The third kappa shape index (κ3) is 3.11. The minimum absolute atomic E-state index is 0.0457. The first-order valence-corrected chi connectivity index (χ1v) is 13.2. The lowest BCUT2D eigenvalue weighted by molar-refractivity contribution is -0.135. The van der Waals surface area contributed by atoms with Crippen LogP contribution >= 0.6 is 0 Å². The second-order valence-corrected chi connectivity index (χ2v) is 12.2. The van der Waals surface area contributed by atoms with Crippen LogP contribution in [0.4, 0.5) is 0 Å². The van der Waals surface area contributed by atoms with E-state index in [-0.39, 0.29) is 41.4 Å². The number of rotatable bonds is 8. The number of ether oxygens (including phenoxy) is 2. The number of carbonyl (C=O) groups excluding carboxylic acids is 1. The molecule has 2 saturated carbocycles. The van der Waals surface area contributed by atoms with Crippen LogP contribution in [0.3, 0.4) is 0 Å². The first-order valence-electron chi connectivity index (χ1n) is 11.6. The summed E-state index contributed by atoms with van der Waals surface area (Å²) < 4.78 is 39.3. The van der Waals surface area contributed by atoms with Crippen LogP contribution in [0.25, 0.3) is 0 Å². The molecule has 0 radical (unpaired) electrons. The topological polar surface area (TPSA) is 72.9 Å². The van der Waals surface area contributed by atoms with Gasteiger partial charge < -0.3 is 9.47 Å². The number of amides is 1. The Morgan fingerprint density at radius 1 is 1.18 bits per heavy atom. The molecule has 1 amide bonds. The Hall–Kier alpha value is -2.28. The lowest BCUT2D eigenvalue weighted by Crippen LogP contribution is -2.52. The van der Waals surface area contributed by atoms with E-state index >= 15 is 0 Å². The molecule has 4 rings (SSSR count). The van der Waals surface area contributed by atoms with Gasteiger partial charge in [0.15, 0.2) is 11.5 Å². The van der Waals surface area contributed by atoms with Gasteiger partial charge in [-0.2, -0.15) is 0 Å². The molecule has 2 aliphatic carbocycles. The number of hydrogen-bond donors (Lipinski definition) is 0. The van der Waals surface area contributed by atoms with Crippen LogP contribution in [0.2, 0.25) is 0 Å². The van der Waals surface area contributed by atoms with Gasteiger partial charge in [-0.3, -0.25) is 4.79 Å². The van der Waals surface area contributed by atoms with Gasteiger partial charge >= 0.3 is 0 Å². The van der Waals surface area contributed by atoms with E-state index < -0.39 is 15.4 Å². The van der Waals surface area contributed by atoms with Gasteiger partial charge in [-0.05, 0) is 61.1 Å². The molecule has 1 aromatic rings. The second kappa shape index (κ2) is 7.90. The number of methoxy groups -OCH3 is 2. The van der Waals surface area contributed by atoms with Crippen molar-refractivity contribution in [3.05, 3.63) is 49.1 Å². The fraction of sp³-hybridized carbons (Fsp3) is 0.577. The van der Waals surface area contributed by atoms with Gasteiger partial charge in [-0.1, -0.05) is 32.1 Å². The fourth-order valence-electron chi connectivity index (χ4n) is 7.01. The number of hydrogen-bond acceptors (Lipinski definition) is 5. The van der Waals surface area contributed by atoms with E-state index in [0.717, 1.165) is 19.3 Å². The van der Waals surface area contributed by atoms with E-state index in [0.29, 0.717) is 23.0 Å². The molecule has 2 bridgehead atoms. The van der Waals surface area contributed by atoms with Gasteiger partial charge in [0.05, 0.1) is 31.4 Å². The average molecular weight is 474 g/mol. The number of benzene rings is 1. The second-order valence-electron chi connectivity index (χ2n) is 10.4. The standard InChI is InChI=1S/C26H35NO5S/c1-7-12-25(13-8-2,19-9-10-20(31-5)21(15-19)32-6)23(28)27-22-16-18-11-14-26(22,24(18,3)4)17-33(27,29)30/h7-10,15,18,22H,1-2,11-14,16-17H2,3-6H3/t18-,22-,26-/m1/s1. The van der Waals surface area contributed by atoms with Crippen molar-refractivity contribution in [3.63, 3.8) is 0 Å². The van der Waals surface area contributed by atoms with Crippen LogP contribution in [-0.2, 0) is 20.2 Å². The monoisotopic (exact) mass is 473 g/mol. The minimum atomic E-state index is -3.76. The Labute approximate surface area is 197 Å². The largest absolute Gasteiger partial charge is 0.493 e. The van der Waals surface area contributed by atoms with Gasteiger partial charge in [0.25, 0.3) is 0 Å². The molecule has 3 fully saturated rings. The molecule has 3 atom stereocenters. The van der Waals surface area contributed by atoms with Crippen molar-refractivity contribution >= 4 is 15.9 Å². The predicted octanol–water partition coefficient (Wildman–Crippen LogP) is 4.46. The highest BCUT2D eigenvalue weighted by atomic mass is 32.2. The molecule has 0 N–H and O–H groups in total. The number of nitrogens with zero attached hydrogens (tertiary/aromatic N) is 1. The summed E-state index contributed by atoms with van der Waals surface area (Å²) >= 11 is 0. The summed E-state index contributed by atoms with van der Waals surface area (Å²) in [7, 11) is -0.665. The van der Waals surface area contributed by atoms with Gasteiger partial charge in [-0.25, -0.2) is 12.7 Å². The van der Waals surface area contributed by atoms with Crippen molar-refractivity contribution in [3.8, 4) is 11.5 Å². The molecule has 33 heavy (non-hydrogen) atoms. The maximum absolute atomic E-state index is 14.4. The number of sulfonamides is 1. The number of allylic oxidation sites excluding steroid dienone is 2. The van der Waals surface area contributed by atoms with Crippen LogP contribution in [0, 0.1) is 16.7 Å². The van der Waals surface area contributed by atoms with Crippen molar-refractivity contribution in [1.82, 2.24) is 4.31 Å². The zero-order chi connectivity index (χ0) is 24.2. The molecule has 1 aliphatic heterocycles. The van der Waals surface area contributed by atoms with Gasteiger partial charge in [0.2, 0.25) is 15.9 Å². The number of carbonyl (C=O) groups is 1. The zero-order valence-corrected chi connectivity index (χ0v) is 20.9. The summed E-state index contributed by atoms with van der Waals surface area (Å²) in [6, 6.07) is 5.05. The lowest BCUT2D eigenvalue weighted by Gasteiger charge is -2.40. The van der Waals surface area contributed by atoms with Crippen LogP contribution in [0.1, 0.15) is 51.5 Å². The summed E-state index contributed by atoms with van der Waals surface area (Å²) in [5, 5.41) is 0. The van der Waals surface area contributed by atoms with Crippen LogP contribution in [0.15, 0.2) is 43.5 Å². The molecule has 3 aliphatic rings. The van der Waals surface area contributed by atoms with Crippen molar-refractivity contribution in [2.75, 3.05) is 20.0 Å². The maximum Gasteiger partial charge on any atom is 0.247 e. The first kappa shape index (κ1) is 23.9. The summed E-state index contributed by atoms with van der Waals surface area (Å²) in [5.41, 5.74) is -0.961. The van der Waals surface area contributed by atoms with E-state index in [1.54, 1.807) is 31.4 Å². The maximum atomic E-state index is 14.4. The molecular formula is C26H35NO5S. The van der Waals surface area contributed by atoms with Crippen LogP contribution in [-0.4, -0.2) is 44.6 Å². The molecule has 1 heterocycles. The zero-order valence-electron chi connectivity index (χ0n) is 20.1. The van der Waals surface area contributed by atoms with E-state index in [1.165, 1.54) is 11.4 Å². The molecule has 1 aromatic carbocycles. The quantitative estimate of drug-likeness (QED) is 0.521.